The van der Waals surface area contributed by atoms with E-state index in [1.165, 1.54) is 0 Å². The van der Waals surface area contributed by atoms with Gasteiger partial charge in [0.1, 0.15) is 12.1 Å². The maximum Gasteiger partial charge on any atom is 0.150 e. The van der Waals surface area contributed by atoms with Crippen LogP contribution in [0.3, 0.4) is 0 Å². The second-order valence-corrected chi connectivity index (χ2v) is 5.54. The van der Waals surface area contributed by atoms with Crippen molar-refractivity contribution in [2.75, 3.05) is 5.32 Å². The molecular formula is C18H16N6. The summed E-state index contributed by atoms with van der Waals surface area (Å²) in [7, 11) is 0. The van der Waals surface area contributed by atoms with Gasteiger partial charge in [0.25, 0.3) is 0 Å². The molecule has 0 bridgehead atoms. The molecule has 4 aromatic rings. The fraction of sp³-hybridized carbons (Fsp3) is 0.111. The molecule has 0 saturated heterocycles. The molecule has 6 nitrogen and oxygen atoms in total. The van der Waals surface area contributed by atoms with Gasteiger partial charge in [-0.15, -0.1) is 0 Å². The Morgan fingerprint density at radius 1 is 0.958 bits per heavy atom. The number of aryl methyl sites for hydroxylation is 1. The van der Waals surface area contributed by atoms with Gasteiger partial charge in [0.15, 0.2) is 5.65 Å². The largest absolute Gasteiger partial charge is 0.338 e. The van der Waals surface area contributed by atoms with Crippen LogP contribution in [0, 0.1) is 13.8 Å². The van der Waals surface area contributed by atoms with Gasteiger partial charge in [-0.25, -0.2) is 9.97 Å². The highest BCUT2D eigenvalue weighted by atomic mass is 15.1. The Hall–Kier alpha value is -3.28. The van der Waals surface area contributed by atoms with Crippen molar-refractivity contribution in [3.63, 3.8) is 0 Å². The third-order valence-corrected chi connectivity index (χ3v) is 4.14. The molecule has 0 aliphatic heterocycles. The van der Waals surface area contributed by atoms with Crippen LogP contribution in [0.25, 0.3) is 16.7 Å². The quantitative estimate of drug-likeness (QED) is 0.626. The first-order chi connectivity index (χ1) is 11.8. The van der Waals surface area contributed by atoms with Crippen LogP contribution in [0.4, 0.5) is 11.5 Å². The third-order valence-electron chi connectivity index (χ3n) is 4.14. The average molecular weight is 316 g/mol. The van der Waals surface area contributed by atoms with E-state index >= 15 is 0 Å². The molecule has 24 heavy (non-hydrogen) atoms. The number of hydrogen-bond donors (Lipinski definition) is 1. The van der Waals surface area contributed by atoms with Crippen molar-refractivity contribution in [3.8, 4) is 5.69 Å². The number of aromatic nitrogens is 5. The molecule has 0 fully saturated rings. The Labute approximate surface area is 139 Å². The molecule has 118 valence electrons. The van der Waals surface area contributed by atoms with Crippen molar-refractivity contribution in [2.24, 2.45) is 0 Å². The van der Waals surface area contributed by atoms with E-state index in [0.717, 1.165) is 39.5 Å². The minimum Gasteiger partial charge on any atom is -0.338 e. The first-order valence-corrected chi connectivity index (χ1v) is 7.66. The molecule has 4 aromatic heterocycles. The molecule has 0 saturated carbocycles. The second-order valence-electron chi connectivity index (χ2n) is 5.54. The van der Waals surface area contributed by atoms with Gasteiger partial charge in [0.05, 0.1) is 23.0 Å². The molecule has 0 aromatic carbocycles. The summed E-state index contributed by atoms with van der Waals surface area (Å²) in [6, 6.07) is 7.80. The Morgan fingerprint density at radius 3 is 2.54 bits per heavy atom. The standard InChI is InChI=1S/C18H16N6/c1-12-13(2)24(15-5-8-19-9-6-15)18-16(12)17(21-11-22-18)23-14-4-3-7-20-10-14/h3-11H,1-2H3,(H,21,22,23). The number of rotatable bonds is 3. The van der Waals surface area contributed by atoms with Gasteiger partial charge in [-0.3, -0.25) is 14.5 Å². The fourth-order valence-corrected chi connectivity index (χ4v) is 2.88. The summed E-state index contributed by atoms with van der Waals surface area (Å²) in [5.41, 5.74) is 5.08. The van der Waals surface area contributed by atoms with Crippen LogP contribution in [0.15, 0.2) is 55.4 Å². The van der Waals surface area contributed by atoms with Gasteiger partial charge >= 0.3 is 0 Å². The molecular weight excluding hydrogens is 300 g/mol. The van der Waals surface area contributed by atoms with E-state index < -0.39 is 0 Å². The normalized spacial score (nSPS) is 10.9. The summed E-state index contributed by atoms with van der Waals surface area (Å²) in [4.78, 5) is 17.2. The Bertz CT molecular complexity index is 992. The number of nitrogens with zero attached hydrogens (tertiary/aromatic N) is 5. The molecule has 0 radical (unpaired) electrons. The fourth-order valence-electron chi connectivity index (χ4n) is 2.88. The molecule has 6 heteroatoms. The van der Waals surface area contributed by atoms with E-state index in [-0.39, 0.29) is 0 Å². The zero-order chi connectivity index (χ0) is 16.5. The minimum absolute atomic E-state index is 0.779. The van der Waals surface area contributed by atoms with Gasteiger partial charge in [-0.2, -0.15) is 0 Å². The first kappa shape index (κ1) is 14.3. The lowest BCUT2D eigenvalue weighted by atomic mass is 10.2. The predicted molar refractivity (Wildman–Crippen MR) is 93.7 cm³/mol. The van der Waals surface area contributed by atoms with Gasteiger partial charge in [0, 0.05) is 24.3 Å². The maximum absolute atomic E-state index is 4.52. The summed E-state index contributed by atoms with van der Waals surface area (Å²) in [6.07, 6.45) is 8.67. The smallest absolute Gasteiger partial charge is 0.150 e. The summed E-state index contributed by atoms with van der Waals surface area (Å²) >= 11 is 0. The molecule has 0 atom stereocenters. The number of nitrogens with one attached hydrogen (secondary N) is 1. The molecule has 0 spiro atoms. The van der Waals surface area contributed by atoms with Crippen LogP contribution in [0.5, 0.6) is 0 Å². The third kappa shape index (κ3) is 2.28. The average Bonchev–Trinajstić information content (AvgIpc) is 2.88. The Balaban J connectivity index is 1.93. The topological polar surface area (TPSA) is 68.5 Å². The zero-order valence-electron chi connectivity index (χ0n) is 13.4. The van der Waals surface area contributed by atoms with Gasteiger partial charge in [0.2, 0.25) is 0 Å². The zero-order valence-corrected chi connectivity index (χ0v) is 13.4. The minimum atomic E-state index is 0.779. The number of pyridine rings is 2. The van der Waals surface area contributed by atoms with Gasteiger partial charge in [-0.1, -0.05) is 0 Å². The van der Waals surface area contributed by atoms with E-state index in [2.05, 4.69) is 43.7 Å². The van der Waals surface area contributed by atoms with Crippen molar-refractivity contribution in [1.82, 2.24) is 24.5 Å². The first-order valence-electron chi connectivity index (χ1n) is 7.66. The van der Waals surface area contributed by atoms with E-state index in [1.54, 1.807) is 31.1 Å². The molecule has 1 N–H and O–H groups in total. The Morgan fingerprint density at radius 2 is 1.79 bits per heavy atom. The van der Waals surface area contributed by atoms with Crippen molar-refractivity contribution >= 4 is 22.5 Å². The van der Waals surface area contributed by atoms with E-state index in [9.17, 15) is 0 Å². The van der Waals surface area contributed by atoms with Gasteiger partial charge in [-0.05, 0) is 43.7 Å². The van der Waals surface area contributed by atoms with Crippen LogP contribution < -0.4 is 5.32 Å². The lowest BCUT2D eigenvalue weighted by Gasteiger charge is -2.08. The van der Waals surface area contributed by atoms with E-state index in [1.807, 2.05) is 24.3 Å². The Kier molecular flexibility index (Phi) is 3.42. The second kappa shape index (κ2) is 5.73. The van der Waals surface area contributed by atoms with Crippen LogP contribution in [-0.2, 0) is 0 Å². The molecule has 4 heterocycles. The maximum atomic E-state index is 4.52. The lowest BCUT2D eigenvalue weighted by molar-refractivity contribution is 1.01. The number of fused-ring (bicyclic) bond motifs is 1. The van der Waals surface area contributed by atoms with Crippen LogP contribution in [-0.4, -0.2) is 24.5 Å². The van der Waals surface area contributed by atoms with Crippen LogP contribution in [0.2, 0.25) is 0 Å². The highest BCUT2D eigenvalue weighted by Crippen LogP contribution is 2.32. The summed E-state index contributed by atoms with van der Waals surface area (Å²) in [5.74, 6) is 0.779. The highest BCUT2D eigenvalue weighted by Gasteiger charge is 2.17. The van der Waals surface area contributed by atoms with Crippen LogP contribution >= 0.6 is 0 Å². The SMILES string of the molecule is Cc1c(C)n(-c2ccncc2)c2ncnc(Nc3cccnc3)c12. The van der Waals surface area contributed by atoms with Crippen molar-refractivity contribution in [3.05, 3.63) is 66.6 Å². The number of hydrogen-bond acceptors (Lipinski definition) is 5. The molecule has 0 aliphatic carbocycles. The summed E-state index contributed by atoms with van der Waals surface area (Å²) < 4.78 is 2.13. The molecule has 0 unspecified atom stereocenters. The van der Waals surface area contributed by atoms with E-state index in [0.29, 0.717) is 0 Å². The summed E-state index contributed by atoms with van der Waals surface area (Å²) in [5, 5.41) is 4.35. The number of anilines is 2. The highest BCUT2D eigenvalue weighted by molar-refractivity contribution is 5.94. The molecule has 0 amide bonds. The molecule has 4 rings (SSSR count). The van der Waals surface area contributed by atoms with Gasteiger partial charge < -0.3 is 5.32 Å². The van der Waals surface area contributed by atoms with Crippen molar-refractivity contribution < 1.29 is 0 Å². The van der Waals surface area contributed by atoms with Crippen molar-refractivity contribution in [1.29, 1.82) is 0 Å². The summed E-state index contributed by atoms with van der Waals surface area (Å²) in [6.45, 7) is 4.18. The monoisotopic (exact) mass is 316 g/mol. The van der Waals surface area contributed by atoms with E-state index in [4.69, 9.17) is 0 Å². The van der Waals surface area contributed by atoms with Crippen LogP contribution in [0.1, 0.15) is 11.3 Å². The van der Waals surface area contributed by atoms with Crippen molar-refractivity contribution in [2.45, 2.75) is 13.8 Å². The lowest BCUT2D eigenvalue weighted by Crippen LogP contribution is -1.99. The predicted octanol–water partition coefficient (Wildman–Crippen LogP) is 3.57. The molecule has 0 aliphatic rings.